The van der Waals surface area contributed by atoms with Crippen molar-refractivity contribution in [3.63, 3.8) is 0 Å². The summed E-state index contributed by atoms with van der Waals surface area (Å²) in [6.07, 6.45) is -0.394. The van der Waals surface area contributed by atoms with Crippen LogP contribution in [0.1, 0.15) is 54.9 Å². The van der Waals surface area contributed by atoms with Crippen LogP contribution in [0.3, 0.4) is 0 Å². The maximum atomic E-state index is 12.1. The van der Waals surface area contributed by atoms with Gasteiger partial charge in [-0.2, -0.15) is 0 Å². The molecule has 6 heteroatoms. The number of amides is 2. The summed E-state index contributed by atoms with van der Waals surface area (Å²) in [4.78, 5) is 35.8. The second-order valence-electron chi connectivity index (χ2n) is 7.01. The Balaban J connectivity index is 4.95. The molecule has 0 aliphatic rings. The van der Waals surface area contributed by atoms with E-state index in [1.807, 2.05) is 0 Å². The molecule has 0 aromatic heterocycles. The molecule has 0 radical (unpaired) electrons. The standard InChI is InChI=1S/C15H27NO5/c1-11(10-17)8-9-16(12(18)20-14(2,3)4)13(19)21-15(5,6)7/h10-11H,8-9H2,1-7H3/t11-/m1/s1. The van der Waals surface area contributed by atoms with Crippen molar-refractivity contribution < 1.29 is 23.9 Å². The Morgan fingerprint density at radius 2 is 1.38 bits per heavy atom. The predicted molar refractivity (Wildman–Crippen MR) is 79.0 cm³/mol. The zero-order chi connectivity index (χ0) is 16.8. The molecule has 0 spiro atoms. The molecule has 2 amide bonds. The van der Waals surface area contributed by atoms with Gasteiger partial charge in [0, 0.05) is 12.5 Å². The van der Waals surface area contributed by atoms with E-state index in [9.17, 15) is 14.4 Å². The summed E-state index contributed by atoms with van der Waals surface area (Å²) in [5.41, 5.74) is -1.43. The third-order valence-electron chi connectivity index (χ3n) is 2.27. The van der Waals surface area contributed by atoms with Gasteiger partial charge in [-0.15, -0.1) is 0 Å². The van der Waals surface area contributed by atoms with E-state index in [4.69, 9.17) is 9.47 Å². The normalized spacial score (nSPS) is 13.3. The third-order valence-corrected chi connectivity index (χ3v) is 2.27. The highest BCUT2D eigenvalue weighted by Crippen LogP contribution is 2.15. The number of rotatable bonds is 4. The van der Waals surface area contributed by atoms with Gasteiger partial charge in [-0.25, -0.2) is 14.5 Å². The summed E-state index contributed by atoms with van der Waals surface area (Å²) in [6.45, 7) is 12.1. The van der Waals surface area contributed by atoms with Crippen molar-refractivity contribution >= 4 is 18.5 Å². The lowest BCUT2D eigenvalue weighted by Gasteiger charge is -2.28. The number of hydrogen-bond donors (Lipinski definition) is 0. The minimum atomic E-state index is -0.769. The van der Waals surface area contributed by atoms with Crippen LogP contribution in [-0.2, 0) is 14.3 Å². The smallest absolute Gasteiger partial charge is 0.419 e. The molecule has 0 bridgehead atoms. The lowest BCUT2D eigenvalue weighted by Crippen LogP contribution is -2.44. The van der Waals surface area contributed by atoms with Crippen LogP contribution in [0.4, 0.5) is 9.59 Å². The lowest BCUT2D eigenvalue weighted by molar-refractivity contribution is -0.111. The molecule has 0 N–H and O–H groups in total. The van der Waals surface area contributed by atoms with Crippen molar-refractivity contribution in [3.05, 3.63) is 0 Å². The SMILES string of the molecule is C[C@@H](C=O)CCN(C(=O)OC(C)(C)C)C(=O)OC(C)(C)C. The predicted octanol–water partition coefficient (Wildman–Crippen LogP) is 3.38. The number of carbonyl (C=O) groups is 3. The molecule has 1 atom stereocenters. The Morgan fingerprint density at radius 3 is 1.67 bits per heavy atom. The first-order valence-electron chi connectivity index (χ1n) is 7.04. The van der Waals surface area contributed by atoms with Gasteiger partial charge in [0.15, 0.2) is 0 Å². The van der Waals surface area contributed by atoms with Gasteiger partial charge in [0.2, 0.25) is 0 Å². The lowest BCUT2D eigenvalue weighted by atomic mass is 10.1. The molecule has 0 aromatic carbocycles. The first-order valence-corrected chi connectivity index (χ1v) is 7.04. The summed E-state index contributed by atoms with van der Waals surface area (Å²) in [5.74, 6) is -0.252. The fourth-order valence-electron chi connectivity index (χ4n) is 1.29. The zero-order valence-electron chi connectivity index (χ0n) is 14.1. The van der Waals surface area contributed by atoms with Crippen molar-refractivity contribution in [1.82, 2.24) is 4.90 Å². The molecule has 122 valence electrons. The van der Waals surface area contributed by atoms with Crippen LogP contribution < -0.4 is 0 Å². The Bertz CT molecular complexity index is 351. The molecule has 0 saturated carbocycles. The summed E-state index contributed by atoms with van der Waals surface area (Å²) in [6, 6.07) is 0. The van der Waals surface area contributed by atoms with Crippen LogP contribution >= 0.6 is 0 Å². The fraction of sp³-hybridized carbons (Fsp3) is 0.800. The molecule has 0 heterocycles. The van der Waals surface area contributed by atoms with Crippen LogP contribution in [0.25, 0.3) is 0 Å². The van der Waals surface area contributed by atoms with Crippen LogP contribution in [0.5, 0.6) is 0 Å². The van der Waals surface area contributed by atoms with Gasteiger partial charge < -0.3 is 14.3 Å². The zero-order valence-corrected chi connectivity index (χ0v) is 14.1. The molecule has 0 saturated heterocycles. The summed E-state index contributed by atoms with van der Waals surface area (Å²) >= 11 is 0. The fourth-order valence-corrected chi connectivity index (χ4v) is 1.29. The first kappa shape index (κ1) is 19.4. The molecule has 0 aliphatic heterocycles. The Hall–Kier alpha value is -1.59. The average Bonchev–Trinajstić information content (AvgIpc) is 2.23. The van der Waals surface area contributed by atoms with Crippen LogP contribution in [-0.4, -0.2) is 41.1 Å². The summed E-state index contributed by atoms with van der Waals surface area (Å²) in [7, 11) is 0. The van der Waals surface area contributed by atoms with E-state index in [-0.39, 0.29) is 12.5 Å². The van der Waals surface area contributed by atoms with E-state index >= 15 is 0 Å². The van der Waals surface area contributed by atoms with E-state index < -0.39 is 23.4 Å². The Kier molecular flexibility index (Phi) is 6.86. The molecule has 6 nitrogen and oxygen atoms in total. The minimum Gasteiger partial charge on any atom is -0.443 e. The monoisotopic (exact) mass is 301 g/mol. The molecule has 0 fully saturated rings. The Morgan fingerprint density at radius 1 is 1.00 bits per heavy atom. The largest absolute Gasteiger partial charge is 0.443 e. The van der Waals surface area contributed by atoms with Crippen molar-refractivity contribution in [2.75, 3.05) is 6.54 Å². The van der Waals surface area contributed by atoms with Crippen LogP contribution in [0.15, 0.2) is 0 Å². The van der Waals surface area contributed by atoms with Gasteiger partial charge in [-0.05, 0) is 48.0 Å². The van der Waals surface area contributed by atoms with Gasteiger partial charge in [-0.1, -0.05) is 6.92 Å². The number of aldehydes is 1. The quantitative estimate of drug-likeness (QED) is 0.744. The molecule has 21 heavy (non-hydrogen) atoms. The second kappa shape index (κ2) is 7.43. The van der Waals surface area contributed by atoms with E-state index in [0.29, 0.717) is 6.42 Å². The maximum absolute atomic E-state index is 12.1. The maximum Gasteiger partial charge on any atom is 0.419 e. The highest BCUT2D eigenvalue weighted by Gasteiger charge is 2.31. The van der Waals surface area contributed by atoms with E-state index in [1.54, 1.807) is 48.5 Å². The highest BCUT2D eigenvalue weighted by molar-refractivity contribution is 5.88. The summed E-state index contributed by atoms with van der Waals surface area (Å²) < 4.78 is 10.4. The van der Waals surface area contributed by atoms with Gasteiger partial charge in [0.25, 0.3) is 0 Å². The van der Waals surface area contributed by atoms with Crippen molar-refractivity contribution in [2.45, 2.75) is 66.1 Å². The van der Waals surface area contributed by atoms with E-state index in [1.165, 1.54) is 0 Å². The first-order chi connectivity index (χ1) is 9.35. The van der Waals surface area contributed by atoms with E-state index in [2.05, 4.69) is 0 Å². The van der Waals surface area contributed by atoms with Crippen molar-refractivity contribution in [1.29, 1.82) is 0 Å². The minimum absolute atomic E-state index is 0.0731. The van der Waals surface area contributed by atoms with Crippen molar-refractivity contribution in [2.24, 2.45) is 5.92 Å². The molecular weight excluding hydrogens is 274 g/mol. The number of nitrogens with zero attached hydrogens (tertiary/aromatic N) is 1. The summed E-state index contributed by atoms with van der Waals surface area (Å²) in [5, 5.41) is 0. The Labute approximate surface area is 126 Å². The third kappa shape index (κ3) is 9.05. The van der Waals surface area contributed by atoms with Crippen LogP contribution in [0.2, 0.25) is 0 Å². The molecular formula is C15H27NO5. The van der Waals surface area contributed by atoms with E-state index in [0.717, 1.165) is 11.2 Å². The number of carbonyl (C=O) groups excluding carboxylic acids is 3. The van der Waals surface area contributed by atoms with Crippen molar-refractivity contribution in [3.8, 4) is 0 Å². The molecule has 0 rings (SSSR count). The van der Waals surface area contributed by atoms with Gasteiger partial charge in [-0.3, -0.25) is 0 Å². The van der Waals surface area contributed by atoms with Gasteiger partial charge >= 0.3 is 12.2 Å². The molecule has 0 aliphatic carbocycles. The second-order valence-corrected chi connectivity index (χ2v) is 7.01. The average molecular weight is 301 g/mol. The highest BCUT2D eigenvalue weighted by atomic mass is 16.6. The topological polar surface area (TPSA) is 72.9 Å². The number of imide groups is 1. The molecule has 0 aromatic rings. The van der Waals surface area contributed by atoms with Gasteiger partial charge in [0.1, 0.15) is 17.5 Å². The number of hydrogen-bond acceptors (Lipinski definition) is 5. The van der Waals surface area contributed by atoms with Crippen LogP contribution in [0, 0.1) is 5.92 Å². The number of ether oxygens (including phenoxy) is 2. The van der Waals surface area contributed by atoms with Gasteiger partial charge in [0.05, 0.1) is 0 Å². The molecule has 0 unspecified atom stereocenters.